The molecule has 0 aromatic rings. The topological polar surface area (TPSA) is 111 Å². The normalized spacial score (nSPS) is 24.1. The summed E-state index contributed by atoms with van der Waals surface area (Å²) in [6.07, 6.45) is 0.111. The van der Waals surface area contributed by atoms with E-state index in [1.165, 1.54) is 0 Å². The number of carbonyl (C=O) groups excluding carboxylic acids is 3. The predicted molar refractivity (Wildman–Crippen MR) is 63.5 cm³/mol. The highest BCUT2D eigenvalue weighted by Crippen LogP contribution is 2.11. The van der Waals surface area contributed by atoms with Crippen molar-refractivity contribution in [2.75, 3.05) is 0 Å². The van der Waals surface area contributed by atoms with Crippen LogP contribution in [0.1, 0.15) is 33.6 Å². The summed E-state index contributed by atoms with van der Waals surface area (Å²) in [5.74, 6) is -0.991. The van der Waals surface area contributed by atoms with E-state index in [0.717, 1.165) is 0 Å². The van der Waals surface area contributed by atoms with Crippen LogP contribution in [0.5, 0.6) is 0 Å². The molecular formula is C11H19N3O4. The van der Waals surface area contributed by atoms with Crippen molar-refractivity contribution >= 4 is 17.9 Å². The minimum atomic E-state index is -0.685. The second-order valence-corrected chi connectivity index (χ2v) is 5.24. The Morgan fingerprint density at radius 1 is 1.39 bits per heavy atom. The summed E-state index contributed by atoms with van der Waals surface area (Å²) in [6.45, 7) is 5.20. The van der Waals surface area contributed by atoms with Gasteiger partial charge in [0.05, 0.1) is 0 Å². The van der Waals surface area contributed by atoms with Crippen LogP contribution in [-0.2, 0) is 14.3 Å². The van der Waals surface area contributed by atoms with Crippen LogP contribution in [0.3, 0.4) is 0 Å². The van der Waals surface area contributed by atoms with Crippen molar-refractivity contribution in [1.29, 1.82) is 0 Å². The molecule has 102 valence electrons. The molecule has 0 bridgehead atoms. The summed E-state index contributed by atoms with van der Waals surface area (Å²) in [4.78, 5) is 34.0. The first-order chi connectivity index (χ1) is 8.19. The Bertz CT molecular complexity index is 362. The third-order valence-corrected chi connectivity index (χ3v) is 2.41. The number of alkyl carbamates (subject to hydrolysis) is 1. The van der Waals surface area contributed by atoms with Crippen LogP contribution in [0, 0.1) is 0 Å². The van der Waals surface area contributed by atoms with Crippen molar-refractivity contribution < 1.29 is 19.1 Å². The fourth-order valence-corrected chi connectivity index (χ4v) is 1.61. The van der Waals surface area contributed by atoms with Crippen LogP contribution in [0.4, 0.5) is 4.79 Å². The number of hydrogen-bond donors (Lipinski definition) is 3. The fraction of sp³-hybridized carbons (Fsp3) is 0.727. The Kier molecular flexibility index (Phi) is 4.15. The summed E-state index contributed by atoms with van der Waals surface area (Å²) in [5.41, 5.74) is 4.47. The molecule has 1 aliphatic rings. The van der Waals surface area contributed by atoms with E-state index >= 15 is 0 Å². The maximum atomic E-state index is 11.6. The number of carbonyl (C=O) groups is 3. The van der Waals surface area contributed by atoms with Crippen molar-refractivity contribution in [2.45, 2.75) is 51.3 Å². The van der Waals surface area contributed by atoms with E-state index in [4.69, 9.17) is 10.5 Å². The Morgan fingerprint density at radius 3 is 2.44 bits per heavy atom. The Hall–Kier alpha value is -1.79. The van der Waals surface area contributed by atoms with Crippen molar-refractivity contribution in [3.05, 3.63) is 0 Å². The van der Waals surface area contributed by atoms with E-state index in [1.54, 1.807) is 20.8 Å². The van der Waals surface area contributed by atoms with E-state index in [2.05, 4.69) is 10.6 Å². The second-order valence-electron chi connectivity index (χ2n) is 5.24. The monoisotopic (exact) mass is 257 g/mol. The molecule has 1 saturated heterocycles. The highest BCUT2D eigenvalue weighted by atomic mass is 16.6. The molecule has 7 nitrogen and oxygen atoms in total. The quantitative estimate of drug-likeness (QED) is 0.627. The van der Waals surface area contributed by atoms with Gasteiger partial charge in [0.1, 0.15) is 17.7 Å². The number of ether oxygens (including phenoxy) is 1. The average Bonchev–Trinajstić information content (AvgIpc) is 2.17. The van der Waals surface area contributed by atoms with Gasteiger partial charge in [0.15, 0.2) is 0 Å². The van der Waals surface area contributed by atoms with Gasteiger partial charge in [0.2, 0.25) is 11.8 Å². The van der Waals surface area contributed by atoms with E-state index < -0.39 is 35.6 Å². The van der Waals surface area contributed by atoms with Gasteiger partial charge in [-0.1, -0.05) is 0 Å². The number of nitrogens with two attached hydrogens (primary N) is 1. The van der Waals surface area contributed by atoms with Crippen LogP contribution < -0.4 is 16.4 Å². The number of piperidine rings is 1. The standard InChI is InChI=1S/C11H19N3O4/c1-11(2,3)18-10(17)14-7-5-4-6(8(12)15)13-9(7)16/h6-7H,4-5H2,1-3H3,(H2,12,15)(H,13,16)(H,14,17). The first kappa shape index (κ1) is 14.3. The molecule has 1 fully saturated rings. The first-order valence-electron chi connectivity index (χ1n) is 5.78. The Morgan fingerprint density at radius 2 is 2.00 bits per heavy atom. The van der Waals surface area contributed by atoms with Gasteiger partial charge in [0.25, 0.3) is 0 Å². The van der Waals surface area contributed by atoms with Gasteiger partial charge >= 0.3 is 6.09 Å². The van der Waals surface area contributed by atoms with Gasteiger partial charge in [-0.3, -0.25) is 9.59 Å². The van der Waals surface area contributed by atoms with Gasteiger partial charge in [-0.05, 0) is 33.6 Å². The number of rotatable bonds is 2. The zero-order valence-electron chi connectivity index (χ0n) is 10.8. The van der Waals surface area contributed by atoms with Crippen LogP contribution >= 0.6 is 0 Å². The third-order valence-electron chi connectivity index (χ3n) is 2.41. The largest absolute Gasteiger partial charge is 0.444 e. The zero-order chi connectivity index (χ0) is 13.9. The third kappa shape index (κ3) is 4.23. The molecule has 0 aromatic heterocycles. The summed E-state index contributed by atoms with van der Waals surface area (Å²) >= 11 is 0. The van der Waals surface area contributed by atoms with Gasteiger partial charge < -0.3 is 21.1 Å². The van der Waals surface area contributed by atoms with Crippen LogP contribution in [-0.4, -0.2) is 35.6 Å². The lowest BCUT2D eigenvalue weighted by Gasteiger charge is -2.28. The van der Waals surface area contributed by atoms with E-state index in [9.17, 15) is 14.4 Å². The summed E-state index contributed by atoms with van der Waals surface area (Å²) in [7, 11) is 0. The number of primary amides is 1. The average molecular weight is 257 g/mol. The molecule has 18 heavy (non-hydrogen) atoms. The summed E-state index contributed by atoms with van der Waals surface area (Å²) in [5, 5.41) is 4.91. The first-order valence-corrected chi connectivity index (χ1v) is 5.78. The smallest absolute Gasteiger partial charge is 0.408 e. The molecule has 0 radical (unpaired) electrons. The van der Waals surface area contributed by atoms with Crippen molar-refractivity contribution in [1.82, 2.24) is 10.6 Å². The van der Waals surface area contributed by atoms with Crippen molar-refractivity contribution in [3.63, 3.8) is 0 Å². The molecule has 1 aliphatic heterocycles. The Labute approximate surface area is 105 Å². The van der Waals surface area contributed by atoms with Gasteiger partial charge in [0, 0.05) is 0 Å². The molecule has 1 rings (SSSR count). The molecule has 1 heterocycles. The molecule has 0 spiro atoms. The molecule has 2 atom stereocenters. The van der Waals surface area contributed by atoms with Crippen LogP contribution in [0.15, 0.2) is 0 Å². The van der Waals surface area contributed by atoms with Gasteiger partial charge in [-0.15, -0.1) is 0 Å². The van der Waals surface area contributed by atoms with Gasteiger partial charge in [-0.25, -0.2) is 4.79 Å². The van der Waals surface area contributed by atoms with Crippen LogP contribution in [0.25, 0.3) is 0 Å². The van der Waals surface area contributed by atoms with Gasteiger partial charge in [-0.2, -0.15) is 0 Å². The molecule has 2 unspecified atom stereocenters. The number of amides is 3. The molecule has 0 saturated carbocycles. The lowest BCUT2D eigenvalue weighted by Crippen LogP contribution is -2.57. The maximum Gasteiger partial charge on any atom is 0.408 e. The van der Waals surface area contributed by atoms with E-state index in [1.807, 2.05) is 0 Å². The fourth-order valence-electron chi connectivity index (χ4n) is 1.61. The minimum absolute atomic E-state index is 0.360. The zero-order valence-corrected chi connectivity index (χ0v) is 10.8. The molecule has 0 aliphatic carbocycles. The Balaban J connectivity index is 2.48. The lowest BCUT2D eigenvalue weighted by atomic mass is 10.00. The summed E-state index contributed by atoms with van der Waals surface area (Å²) in [6, 6.07) is -1.34. The lowest BCUT2D eigenvalue weighted by molar-refractivity contribution is -0.131. The number of hydrogen-bond acceptors (Lipinski definition) is 4. The predicted octanol–water partition coefficient (Wildman–Crippen LogP) is -0.356. The SMILES string of the molecule is CC(C)(C)OC(=O)NC1CCC(C(N)=O)NC1=O. The van der Waals surface area contributed by atoms with Crippen molar-refractivity contribution in [3.8, 4) is 0 Å². The van der Waals surface area contributed by atoms with E-state index in [0.29, 0.717) is 12.8 Å². The molecule has 7 heteroatoms. The van der Waals surface area contributed by atoms with E-state index in [-0.39, 0.29) is 0 Å². The molecular weight excluding hydrogens is 238 g/mol. The second kappa shape index (κ2) is 5.24. The highest BCUT2D eigenvalue weighted by molar-refractivity contribution is 5.92. The van der Waals surface area contributed by atoms with Crippen molar-refractivity contribution in [2.24, 2.45) is 5.73 Å². The molecule has 4 N–H and O–H groups in total. The summed E-state index contributed by atoms with van der Waals surface area (Å²) < 4.78 is 5.04. The molecule has 0 aromatic carbocycles. The number of nitrogens with one attached hydrogen (secondary N) is 2. The molecule has 3 amide bonds. The minimum Gasteiger partial charge on any atom is -0.444 e. The highest BCUT2D eigenvalue weighted by Gasteiger charge is 2.32. The maximum absolute atomic E-state index is 11.6. The van der Waals surface area contributed by atoms with Crippen LogP contribution in [0.2, 0.25) is 0 Å².